The summed E-state index contributed by atoms with van der Waals surface area (Å²) in [6.45, 7) is 3.04. The molecule has 2 heterocycles. The predicted molar refractivity (Wildman–Crippen MR) is 101 cm³/mol. The molecule has 0 spiro atoms. The Hall–Kier alpha value is -3.34. The quantitative estimate of drug-likeness (QED) is 0.663. The van der Waals surface area contributed by atoms with Gasteiger partial charge in [0, 0.05) is 50.0 Å². The van der Waals surface area contributed by atoms with E-state index in [-0.39, 0.29) is 16.2 Å². The molecular weight excluding hydrogens is 349 g/mol. The van der Waals surface area contributed by atoms with Crippen LogP contribution in [0.4, 0.5) is 27.1 Å². The monoisotopic (exact) mass is 367 g/mol. The highest BCUT2D eigenvalue weighted by atomic mass is 19.1. The van der Waals surface area contributed by atoms with Crippen molar-refractivity contribution in [2.75, 3.05) is 47.8 Å². The van der Waals surface area contributed by atoms with E-state index in [2.05, 4.69) is 5.32 Å². The fraction of sp³-hybridized carbons (Fsp3) is 0.316. The van der Waals surface area contributed by atoms with Gasteiger partial charge in [0.2, 0.25) is 0 Å². The Morgan fingerprint density at radius 1 is 1.15 bits per heavy atom. The lowest BCUT2D eigenvalue weighted by molar-refractivity contribution is -0.384. The predicted octanol–water partition coefficient (Wildman–Crippen LogP) is 2.90. The Balaban J connectivity index is 1.61. The molecule has 138 valence electrons. The van der Waals surface area contributed by atoms with Crippen LogP contribution in [0.15, 0.2) is 30.3 Å². The summed E-state index contributed by atoms with van der Waals surface area (Å²) in [7, 11) is 0. The first kappa shape index (κ1) is 17.1. The minimum absolute atomic E-state index is 0.0433. The molecule has 8 heteroatoms. The van der Waals surface area contributed by atoms with E-state index >= 15 is 0 Å². The van der Waals surface area contributed by atoms with Gasteiger partial charge in [-0.15, -0.1) is 0 Å². The van der Waals surface area contributed by atoms with E-state index in [0.717, 1.165) is 24.2 Å². The summed E-state index contributed by atoms with van der Waals surface area (Å²) in [5.74, 6) is -0.528. The van der Waals surface area contributed by atoms with Crippen molar-refractivity contribution in [3.05, 3.63) is 57.4 Å². The molecule has 2 aromatic carbocycles. The molecule has 7 nitrogen and oxygen atoms in total. The Morgan fingerprint density at radius 3 is 2.59 bits per heavy atom. The third kappa shape index (κ3) is 2.91. The second kappa shape index (κ2) is 6.76. The summed E-state index contributed by atoms with van der Waals surface area (Å²) in [5, 5.41) is 24.1. The average molecular weight is 367 g/mol. The molecule has 0 aromatic heterocycles. The summed E-state index contributed by atoms with van der Waals surface area (Å²) >= 11 is 0. The van der Waals surface area contributed by atoms with E-state index in [4.69, 9.17) is 0 Å². The normalized spacial score (nSPS) is 15.9. The number of benzene rings is 2. The van der Waals surface area contributed by atoms with Crippen molar-refractivity contribution in [1.82, 2.24) is 0 Å². The molecule has 1 saturated heterocycles. The van der Waals surface area contributed by atoms with Gasteiger partial charge in [-0.25, -0.2) is 4.39 Å². The number of hydrogen-bond donors (Lipinski definition) is 1. The molecule has 1 fully saturated rings. The van der Waals surface area contributed by atoms with Crippen LogP contribution in [0.3, 0.4) is 0 Å². The molecule has 27 heavy (non-hydrogen) atoms. The first-order valence-corrected chi connectivity index (χ1v) is 8.83. The molecule has 2 aliphatic rings. The number of nitro groups is 1. The molecule has 0 aliphatic carbocycles. The zero-order chi connectivity index (χ0) is 19.0. The van der Waals surface area contributed by atoms with Gasteiger partial charge in [0.25, 0.3) is 5.69 Å². The topological polar surface area (TPSA) is 85.4 Å². The summed E-state index contributed by atoms with van der Waals surface area (Å²) in [4.78, 5) is 15.2. The van der Waals surface area contributed by atoms with E-state index < -0.39 is 5.82 Å². The molecule has 4 rings (SSSR count). The lowest BCUT2D eigenvalue weighted by atomic mass is 10.1. The number of nitriles is 1. The van der Waals surface area contributed by atoms with Gasteiger partial charge in [-0.05, 0) is 24.6 Å². The minimum Gasteiger partial charge on any atom is -0.384 e. The van der Waals surface area contributed by atoms with Gasteiger partial charge in [0.1, 0.15) is 23.1 Å². The summed E-state index contributed by atoms with van der Waals surface area (Å²) in [6.07, 6.45) is 0.759. The van der Waals surface area contributed by atoms with E-state index in [1.807, 2.05) is 15.9 Å². The molecule has 0 atom stereocenters. The first-order valence-electron chi connectivity index (χ1n) is 8.83. The molecule has 0 bridgehead atoms. The van der Waals surface area contributed by atoms with Crippen molar-refractivity contribution in [2.45, 2.75) is 6.42 Å². The van der Waals surface area contributed by atoms with Gasteiger partial charge >= 0.3 is 0 Å². The van der Waals surface area contributed by atoms with Crippen LogP contribution in [0, 0.1) is 27.3 Å². The summed E-state index contributed by atoms with van der Waals surface area (Å²) in [5.41, 5.74) is 3.36. The lowest BCUT2D eigenvalue weighted by Crippen LogP contribution is -2.47. The van der Waals surface area contributed by atoms with Crippen molar-refractivity contribution in [2.24, 2.45) is 0 Å². The van der Waals surface area contributed by atoms with Crippen LogP contribution >= 0.6 is 0 Å². The Bertz CT molecular complexity index is 948. The standard InChI is InChI=1S/C19H18FN5O2/c20-15-2-1-3-17(14(15)12-21)23-8-10-24(11-9-23)19-13-6-7-22-16(13)4-5-18(19)25(26)27/h1-5,22H,6-11H2. The number of nitrogens with zero attached hydrogens (tertiary/aromatic N) is 4. The number of nitro benzene ring substituents is 1. The van der Waals surface area contributed by atoms with E-state index in [0.29, 0.717) is 37.6 Å². The van der Waals surface area contributed by atoms with Gasteiger partial charge in [0.05, 0.1) is 10.6 Å². The maximum absolute atomic E-state index is 13.9. The van der Waals surface area contributed by atoms with E-state index in [1.54, 1.807) is 24.3 Å². The lowest BCUT2D eigenvalue weighted by Gasteiger charge is -2.38. The molecular formula is C19H18FN5O2. The second-order valence-electron chi connectivity index (χ2n) is 6.61. The van der Waals surface area contributed by atoms with Gasteiger partial charge in [0.15, 0.2) is 0 Å². The highest BCUT2D eigenvalue weighted by molar-refractivity contribution is 5.78. The number of halogens is 1. The van der Waals surface area contributed by atoms with Crippen LogP contribution in [-0.4, -0.2) is 37.6 Å². The highest BCUT2D eigenvalue weighted by Crippen LogP contribution is 2.40. The van der Waals surface area contributed by atoms with E-state index in [1.165, 1.54) is 6.07 Å². The van der Waals surface area contributed by atoms with Crippen LogP contribution < -0.4 is 15.1 Å². The number of piperazine rings is 1. The molecule has 0 saturated carbocycles. The maximum atomic E-state index is 13.9. The van der Waals surface area contributed by atoms with Gasteiger partial charge in [-0.2, -0.15) is 5.26 Å². The largest absolute Gasteiger partial charge is 0.384 e. The van der Waals surface area contributed by atoms with Crippen molar-refractivity contribution < 1.29 is 9.31 Å². The fourth-order valence-electron chi connectivity index (χ4n) is 3.92. The Kier molecular flexibility index (Phi) is 4.28. The number of rotatable bonds is 3. The van der Waals surface area contributed by atoms with Crippen molar-refractivity contribution in [3.8, 4) is 6.07 Å². The molecule has 0 radical (unpaired) electrons. The van der Waals surface area contributed by atoms with Crippen LogP contribution in [0.5, 0.6) is 0 Å². The average Bonchev–Trinajstić information content (AvgIpc) is 3.16. The molecule has 0 amide bonds. The van der Waals surface area contributed by atoms with Crippen LogP contribution in [-0.2, 0) is 6.42 Å². The Labute approximate surface area is 155 Å². The SMILES string of the molecule is N#Cc1c(F)cccc1N1CCN(c2c([N+](=O)[O-])ccc3c2CCN3)CC1. The van der Waals surface area contributed by atoms with E-state index in [9.17, 15) is 19.8 Å². The third-order valence-electron chi connectivity index (χ3n) is 5.19. The summed E-state index contributed by atoms with van der Waals surface area (Å²) in [6, 6.07) is 9.87. The Morgan fingerprint density at radius 2 is 1.89 bits per heavy atom. The fourth-order valence-corrected chi connectivity index (χ4v) is 3.92. The zero-order valence-electron chi connectivity index (χ0n) is 14.6. The van der Waals surface area contributed by atoms with Gasteiger partial charge in [-0.3, -0.25) is 10.1 Å². The number of nitrogens with one attached hydrogen (secondary N) is 1. The van der Waals surface area contributed by atoms with Crippen molar-refractivity contribution in [1.29, 1.82) is 5.26 Å². The zero-order valence-corrected chi connectivity index (χ0v) is 14.6. The minimum atomic E-state index is -0.528. The highest BCUT2D eigenvalue weighted by Gasteiger charge is 2.30. The molecule has 1 N–H and O–H groups in total. The van der Waals surface area contributed by atoms with Crippen molar-refractivity contribution >= 4 is 22.7 Å². The molecule has 2 aliphatic heterocycles. The van der Waals surface area contributed by atoms with Gasteiger partial charge < -0.3 is 15.1 Å². The molecule has 2 aromatic rings. The number of fused-ring (bicyclic) bond motifs is 1. The molecule has 0 unspecified atom stereocenters. The second-order valence-corrected chi connectivity index (χ2v) is 6.61. The first-order chi connectivity index (χ1) is 13.1. The maximum Gasteiger partial charge on any atom is 0.292 e. The van der Waals surface area contributed by atoms with Gasteiger partial charge in [-0.1, -0.05) is 6.07 Å². The third-order valence-corrected chi connectivity index (χ3v) is 5.19. The smallest absolute Gasteiger partial charge is 0.292 e. The number of hydrogen-bond acceptors (Lipinski definition) is 6. The van der Waals surface area contributed by atoms with Crippen LogP contribution in [0.2, 0.25) is 0 Å². The van der Waals surface area contributed by atoms with Crippen LogP contribution in [0.1, 0.15) is 11.1 Å². The summed E-state index contributed by atoms with van der Waals surface area (Å²) < 4.78 is 13.9. The van der Waals surface area contributed by atoms with Crippen LogP contribution in [0.25, 0.3) is 0 Å². The van der Waals surface area contributed by atoms with Crippen molar-refractivity contribution in [3.63, 3.8) is 0 Å². The number of anilines is 3.